The first-order valence-corrected chi connectivity index (χ1v) is 10.8. The molecule has 2 aromatic rings. The Morgan fingerprint density at radius 3 is 2.53 bits per heavy atom. The molecule has 2 rings (SSSR count). The van der Waals surface area contributed by atoms with Crippen LogP contribution in [0.5, 0.6) is 5.75 Å². The molecule has 1 amide bonds. The molecule has 1 N–H and O–H groups in total. The van der Waals surface area contributed by atoms with E-state index in [9.17, 15) is 14.9 Å². The number of carbonyl (C=O) groups is 2. The summed E-state index contributed by atoms with van der Waals surface area (Å²) < 4.78 is 10.7. The number of esters is 1. The van der Waals surface area contributed by atoms with Crippen molar-refractivity contribution in [1.29, 1.82) is 5.26 Å². The molecule has 0 radical (unpaired) electrons. The third-order valence-electron chi connectivity index (χ3n) is 4.18. The van der Waals surface area contributed by atoms with Crippen LogP contribution in [-0.2, 0) is 16.0 Å². The molecule has 0 spiro atoms. The number of nitriles is 1. The van der Waals surface area contributed by atoms with E-state index in [0.29, 0.717) is 22.7 Å². The Hall–Kier alpha value is -3.11. The second-order valence-electron chi connectivity index (χ2n) is 6.42. The maximum absolute atomic E-state index is 12.6. The highest BCUT2D eigenvalue weighted by molar-refractivity contribution is 7.16. The maximum Gasteiger partial charge on any atom is 0.341 e. The molecule has 0 saturated carbocycles. The van der Waals surface area contributed by atoms with Crippen LogP contribution in [0.25, 0.3) is 6.08 Å². The second-order valence-corrected chi connectivity index (χ2v) is 7.56. The Morgan fingerprint density at radius 2 is 1.93 bits per heavy atom. The quantitative estimate of drug-likeness (QED) is 0.244. The van der Waals surface area contributed by atoms with Crippen molar-refractivity contribution >= 4 is 34.3 Å². The number of aryl methyl sites for hydroxylation is 1. The van der Waals surface area contributed by atoms with E-state index in [4.69, 9.17) is 9.47 Å². The van der Waals surface area contributed by atoms with Crippen LogP contribution in [0.3, 0.4) is 0 Å². The molecule has 0 aliphatic rings. The molecule has 0 aliphatic heterocycles. The summed E-state index contributed by atoms with van der Waals surface area (Å²) in [5.41, 5.74) is 0.949. The van der Waals surface area contributed by atoms with E-state index in [1.54, 1.807) is 37.3 Å². The van der Waals surface area contributed by atoms with Crippen molar-refractivity contribution in [2.75, 3.05) is 18.5 Å². The number of ether oxygens (including phenoxy) is 2. The standard InChI is InChI=1S/C23H26N2O4S/c1-4-7-12-29-18-10-8-16(9-11-18)13-17(15-24)21(26)25-22-20(23(27)28-6-3)14-19(5-2)30-22/h8-11,13-14H,4-7,12H2,1-3H3,(H,25,26)/b17-13+. The first kappa shape index (κ1) is 23.2. The van der Waals surface area contributed by atoms with Gasteiger partial charge in [-0.2, -0.15) is 5.26 Å². The van der Waals surface area contributed by atoms with E-state index in [2.05, 4.69) is 12.2 Å². The van der Waals surface area contributed by atoms with E-state index in [1.165, 1.54) is 17.4 Å². The van der Waals surface area contributed by atoms with Gasteiger partial charge in [-0.15, -0.1) is 11.3 Å². The van der Waals surface area contributed by atoms with Gasteiger partial charge >= 0.3 is 5.97 Å². The number of benzene rings is 1. The van der Waals surface area contributed by atoms with Crippen LogP contribution in [0.1, 0.15) is 54.4 Å². The number of hydrogen-bond donors (Lipinski definition) is 1. The predicted molar refractivity (Wildman–Crippen MR) is 119 cm³/mol. The lowest BCUT2D eigenvalue weighted by atomic mass is 10.1. The van der Waals surface area contributed by atoms with Gasteiger partial charge in [0.15, 0.2) is 0 Å². The summed E-state index contributed by atoms with van der Waals surface area (Å²) in [4.78, 5) is 25.8. The van der Waals surface area contributed by atoms with Gasteiger partial charge in [0.25, 0.3) is 5.91 Å². The predicted octanol–water partition coefficient (Wildman–Crippen LogP) is 5.21. The van der Waals surface area contributed by atoms with Gasteiger partial charge in [0.2, 0.25) is 0 Å². The molecule has 158 valence electrons. The van der Waals surface area contributed by atoms with Crippen molar-refractivity contribution in [3.05, 3.63) is 51.9 Å². The first-order valence-electron chi connectivity index (χ1n) is 9.98. The highest BCUT2D eigenvalue weighted by Crippen LogP contribution is 2.30. The molecular weight excluding hydrogens is 400 g/mol. The second kappa shape index (κ2) is 11.8. The SMILES string of the molecule is CCCCOc1ccc(/C=C(\C#N)C(=O)Nc2sc(CC)cc2C(=O)OCC)cc1. The Labute approximate surface area is 181 Å². The molecule has 0 aliphatic carbocycles. The summed E-state index contributed by atoms with van der Waals surface area (Å²) in [6.07, 6.45) is 4.27. The molecule has 0 saturated heterocycles. The first-order chi connectivity index (χ1) is 14.5. The monoisotopic (exact) mass is 426 g/mol. The molecule has 30 heavy (non-hydrogen) atoms. The highest BCUT2D eigenvalue weighted by Gasteiger charge is 2.20. The molecular formula is C23H26N2O4S. The number of nitrogens with one attached hydrogen (secondary N) is 1. The van der Waals surface area contributed by atoms with Crippen LogP contribution in [0.15, 0.2) is 35.9 Å². The van der Waals surface area contributed by atoms with Gasteiger partial charge in [-0.1, -0.05) is 32.4 Å². The lowest BCUT2D eigenvalue weighted by Crippen LogP contribution is -2.15. The molecule has 0 atom stereocenters. The molecule has 1 aromatic heterocycles. The third-order valence-corrected chi connectivity index (χ3v) is 5.37. The lowest BCUT2D eigenvalue weighted by molar-refractivity contribution is -0.112. The van der Waals surface area contributed by atoms with Gasteiger partial charge in [-0.25, -0.2) is 4.79 Å². The molecule has 0 fully saturated rings. The average Bonchev–Trinajstić information content (AvgIpc) is 3.16. The van der Waals surface area contributed by atoms with Crippen molar-refractivity contribution in [3.8, 4) is 11.8 Å². The van der Waals surface area contributed by atoms with Crippen LogP contribution in [0.4, 0.5) is 5.00 Å². The van der Waals surface area contributed by atoms with Gasteiger partial charge in [0.1, 0.15) is 22.4 Å². The number of carbonyl (C=O) groups excluding carboxylic acids is 2. The molecule has 7 heteroatoms. The average molecular weight is 427 g/mol. The lowest BCUT2D eigenvalue weighted by Gasteiger charge is -2.06. The fraction of sp³-hybridized carbons (Fsp3) is 0.348. The van der Waals surface area contributed by atoms with E-state index >= 15 is 0 Å². The Morgan fingerprint density at radius 1 is 1.20 bits per heavy atom. The number of unbranched alkanes of at least 4 members (excludes halogenated alkanes) is 1. The summed E-state index contributed by atoms with van der Waals surface area (Å²) in [5, 5.41) is 12.5. The number of hydrogen-bond acceptors (Lipinski definition) is 6. The third kappa shape index (κ3) is 6.46. The van der Waals surface area contributed by atoms with Crippen molar-refractivity contribution < 1.29 is 19.1 Å². The molecule has 1 heterocycles. The summed E-state index contributed by atoms with van der Waals surface area (Å²) in [6.45, 7) is 6.68. The molecule has 0 unspecified atom stereocenters. The minimum Gasteiger partial charge on any atom is -0.494 e. The van der Waals surface area contributed by atoms with Crippen LogP contribution >= 0.6 is 11.3 Å². The molecule has 1 aromatic carbocycles. The van der Waals surface area contributed by atoms with Crippen molar-refractivity contribution in [2.45, 2.75) is 40.0 Å². The van der Waals surface area contributed by atoms with Crippen LogP contribution in [0.2, 0.25) is 0 Å². The van der Waals surface area contributed by atoms with E-state index < -0.39 is 11.9 Å². The van der Waals surface area contributed by atoms with Crippen LogP contribution < -0.4 is 10.1 Å². The normalized spacial score (nSPS) is 10.9. The van der Waals surface area contributed by atoms with Crippen molar-refractivity contribution in [2.24, 2.45) is 0 Å². The summed E-state index contributed by atoms with van der Waals surface area (Å²) in [5.74, 6) is -0.325. The van der Waals surface area contributed by atoms with Gasteiger partial charge in [0, 0.05) is 4.88 Å². The summed E-state index contributed by atoms with van der Waals surface area (Å²) in [6, 6.07) is 10.8. The maximum atomic E-state index is 12.6. The van der Waals surface area contributed by atoms with Crippen LogP contribution in [0, 0.1) is 11.3 Å². The molecule has 0 bridgehead atoms. The number of anilines is 1. The number of nitrogens with zero attached hydrogens (tertiary/aromatic N) is 1. The van der Waals surface area contributed by atoms with Gasteiger partial charge < -0.3 is 14.8 Å². The Balaban J connectivity index is 2.16. The zero-order valence-corrected chi connectivity index (χ0v) is 18.3. The number of amides is 1. The summed E-state index contributed by atoms with van der Waals surface area (Å²) >= 11 is 1.30. The van der Waals surface area contributed by atoms with Crippen molar-refractivity contribution in [3.63, 3.8) is 0 Å². The topological polar surface area (TPSA) is 88.4 Å². The van der Waals surface area contributed by atoms with E-state index in [-0.39, 0.29) is 12.2 Å². The number of rotatable bonds is 10. The van der Waals surface area contributed by atoms with E-state index in [1.807, 2.05) is 13.0 Å². The van der Waals surface area contributed by atoms with Crippen molar-refractivity contribution in [1.82, 2.24) is 0 Å². The Kier molecular flexibility index (Phi) is 9.10. The van der Waals surface area contributed by atoms with Gasteiger partial charge in [0.05, 0.1) is 18.8 Å². The summed E-state index contributed by atoms with van der Waals surface area (Å²) in [7, 11) is 0. The van der Waals surface area contributed by atoms with E-state index in [0.717, 1.165) is 29.9 Å². The fourth-order valence-corrected chi connectivity index (χ4v) is 3.53. The zero-order chi connectivity index (χ0) is 21.9. The Bertz CT molecular complexity index is 939. The van der Waals surface area contributed by atoms with Gasteiger partial charge in [-0.05, 0) is 49.6 Å². The zero-order valence-electron chi connectivity index (χ0n) is 17.5. The molecule has 6 nitrogen and oxygen atoms in total. The highest BCUT2D eigenvalue weighted by atomic mass is 32.1. The minimum absolute atomic E-state index is 0.0593. The smallest absolute Gasteiger partial charge is 0.341 e. The largest absolute Gasteiger partial charge is 0.494 e. The fourth-order valence-electron chi connectivity index (χ4n) is 2.55. The van der Waals surface area contributed by atoms with Crippen LogP contribution in [-0.4, -0.2) is 25.1 Å². The number of thiophene rings is 1. The minimum atomic E-state index is -0.573. The van der Waals surface area contributed by atoms with Gasteiger partial charge in [-0.3, -0.25) is 4.79 Å².